The first-order valence-electron chi connectivity index (χ1n) is 6.66. The third kappa shape index (κ3) is 3.29. The number of aromatic nitrogens is 1. The molecule has 0 atom stereocenters. The molecule has 2 rings (SSSR count). The van der Waals surface area contributed by atoms with Crippen molar-refractivity contribution in [2.45, 2.75) is 18.2 Å². The van der Waals surface area contributed by atoms with Gasteiger partial charge in [0, 0.05) is 18.9 Å². The third-order valence-corrected chi connectivity index (χ3v) is 4.59. The van der Waals surface area contributed by atoms with Gasteiger partial charge in [0.2, 0.25) is 0 Å². The predicted octanol–water partition coefficient (Wildman–Crippen LogP) is 0.992. The van der Waals surface area contributed by atoms with Gasteiger partial charge < -0.3 is 4.57 Å². The highest BCUT2D eigenvalue weighted by Crippen LogP contribution is 2.19. The molecule has 1 amide bonds. The number of hydrazine groups is 1. The van der Waals surface area contributed by atoms with Crippen molar-refractivity contribution in [2.24, 2.45) is 12.9 Å². The molecule has 1 aromatic heterocycles. The zero-order chi connectivity index (χ0) is 16.3. The van der Waals surface area contributed by atoms with Crippen LogP contribution in [0.3, 0.4) is 0 Å². The maximum atomic E-state index is 12.4. The Labute approximate surface area is 129 Å². The number of nitrogen functional groups attached to an aromatic ring is 1. The standard InChI is InChI=1S/C14H18N4O3S/c1-3-10-5-4-6-11(7-10)17-22(20,21)12-8-13(14(19)16-15)18(2)9-12/h4-9,17H,3,15H2,1-2H3,(H,16,19). The maximum Gasteiger partial charge on any atom is 0.281 e. The van der Waals surface area contributed by atoms with Gasteiger partial charge in [-0.2, -0.15) is 0 Å². The molecule has 0 aliphatic carbocycles. The van der Waals surface area contributed by atoms with Gasteiger partial charge in [0.25, 0.3) is 15.9 Å². The van der Waals surface area contributed by atoms with Crippen LogP contribution in [-0.2, 0) is 23.5 Å². The molecule has 0 radical (unpaired) electrons. The zero-order valence-corrected chi connectivity index (χ0v) is 13.1. The van der Waals surface area contributed by atoms with Crippen molar-refractivity contribution in [3.8, 4) is 0 Å². The lowest BCUT2D eigenvalue weighted by atomic mass is 10.1. The number of carbonyl (C=O) groups is 1. The average Bonchev–Trinajstić information content (AvgIpc) is 2.89. The second kappa shape index (κ2) is 6.20. The highest BCUT2D eigenvalue weighted by atomic mass is 32.2. The third-order valence-electron chi connectivity index (χ3n) is 3.24. The van der Waals surface area contributed by atoms with Crippen LogP contribution < -0.4 is 16.0 Å². The Kier molecular flexibility index (Phi) is 4.53. The average molecular weight is 322 g/mol. The van der Waals surface area contributed by atoms with E-state index in [1.165, 1.54) is 16.8 Å². The van der Waals surface area contributed by atoms with Gasteiger partial charge >= 0.3 is 0 Å². The fourth-order valence-electron chi connectivity index (χ4n) is 2.05. The molecule has 0 saturated carbocycles. The number of hydrogen-bond acceptors (Lipinski definition) is 4. The van der Waals surface area contributed by atoms with Crippen LogP contribution >= 0.6 is 0 Å². The molecule has 0 bridgehead atoms. The van der Waals surface area contributed by atoms with Gasteiger partial charge in [0.15, 0.2) is 0 Å². The van der Waals surface area contributed by atoms with E-state index in [1.54, 1.807) is 25.2 Å². The van der Waals surface area contributed by atoms with Crippen LogP contribution in [0.1, 0.15) is 23.0 Å². The van der Waals surface area contributed by atoms with Crippen LogP contribution in [0, 0.1) is 0 Å². The summed E-state index contributed by atoms with van der Waals surface area (Å²) in [4.78, 5) is 11.5. The number of anilines is 1. The van der Waals surface area contributed by atoms with Gasteiger partial charge in [-0.05, 0) is 30.2 Å². The normalized spacial score (nSPS) is 11.2. The molecule has 0 saturated heterocycles. The molecule has 4 N–H and O–H groups in total. The van der Waals surface area contributed by atoms with Crippen molar-refractivity contribution >= 4 is 21.6 Å². The number of sulfonamides is 1. The number of nitrogens with zero attached hydrogens (tertiary/aromatic N) is 1. The molecule has 118 valence electrons. The topological polar surface area (TPSA) is 106 Å². The van der Waals surface area contributed by atoms with E-state index in [2.05, 4.69) is 4.72 Å². The maximum absolute atomic E-state index is 12.4. The van der Waals surface area contributed by atoms with E-state index in [1.807, 2.05) is 18.4 Å². The van der Waals surface area contributed by atoms with Crippen molar-refractivity contribution in [3.05, 3.63) is 47.8 Å². The lowest BCUT2D eigenvalue weighted by Crippen LogP contribution is -2.31. The van der Waals surface area contributed by atoms with Crippen molar-refractivity contribution in [1.29, 1.82) is 0 Å². The number of hydrogen-bond donors (Lipinski definition) is 3. The molecule has 22 heavy (non-hydrogen) atoms. The first-order valence-corrected chi connectivity index (χ1v) is 8.14. The second-order valence-corrected chi connectivity index (χ2v) is 6.49. The molecule has 0 aliphatic heterocycles. The minimum Gasteiger partial charge on any atom is -0.345 e. The van der Waals surface area contributed by atoms with Crippen molar-refractivity contribution in [2.75, 3.05) is 4.72 Å². The number of nitrogens with two attached hydrogens (primary N) is 1. The minimum atomic E-state index is -3.77. The van der Waals surface area contributed by atoms with Gasteiger partial charge in [-0.25, -0.2) is 14.3 Å². The summed E-state index contributed by atoms with van der Waals surface area (Å²) >= 11 is 0. The molecule has 2 aromatic rings. The molecule has 7 nitrogen and oxygen atoms in total. The first kappa shape index (κ1) is 16.1. The Bertz CT molecular complexity index is 796. The molecule has 0 unspecified atom stereocenters. The Hall–Kier alpha value is -2.32. The van der Waals surface area contributed by atoms with E-state index in [-0.39, 0.29) is 10.6 Å². The zero-order valence-electron chi connectivity index (χ0n) is 12.3. The van der Waals surface area contributed by atoms with Gasteiger partial charge in [0.05, 0.1) is 0 Å². The number of nitrogens with one attached hydrogen (secondary N) is 2. The SMILES string of the molecule is CCc1cccc(NS(=O)(=O)c2cc(C(=O)NN)n(C)c2)c1. The van der Waals surface area contributed by atoms with Crippen LogP contribution in [0.5, 0.6) is 0 Å². The second-order valence-electron chi connectivity index (χ2n) is 4.80. The number of benzene rings is 1. The van der Waals surface area contributed by atoms with Gasteiger partial charge in [-0.15, -0.1) is 0 Å². The molecule has 8 heteroatoms. The highest BCUT2D eigenvalue weighted by Gasteiger charge is 2.20. The van der Waals surface area contributed by atoms with Crippen molar-refractivity contribution in [3.63, 3.8) is 0 Å². The van der Waals surface area contributed by atoms with Crippen LogP contribution in [0.4, 0.5) is 5.69 Å². The van der Waals surface area contributed by atoms with Gasteiger partial charge in [0.1, 0.15) is 10.6 Å². The van der Waals surface area contributed by atoms with Crippen LogP contribution in [-0.4, -0.2) is 18.9 Å². The molecule has 1 heterocycles. The molecule has 0 spiro atoms. The summed E-state index contributed by atoms with van der Waals surface area (Å²) in [5.41, 5.74) is 3.64. The number of carbonyl (C=O) groups excluding carboxylic acids is 1. The quantitative estimate of drug-likeness (QED) is 0.433. The summed E-state index contributed by atoms with van der Waals surface area (Å²) in [6, 6.07) is 8.42. The number of rotatable bonds is 5. The van der Waals surface area contributed by atoms with Crippen LogP contribution in [0.25, 0.3) is 0 Å². The summed E-state index contributed by atoms with van der Waals surface area (Å²) in [7, 11) is -2.20. The van der Waals surface area contributed by atoms with E-state index in [9.17, 15) is 13.2 Å². The molecule has 0 fully saturated rings. The minimum absolute atomic E-state index is 0.00417. The largest absolute Gasteiger partial charge is 0.345 e. The molecule has 0 aliphatic rings. The van der Waals surface area contributed by atoms with E-state index in [4.69, 9.17) is 5.84 Å². The predicted molar refractivity (Wildman–Crippen MR) is 83.7 cm³/mol. The Morgan fingerprint density at radius 1 is 1.32 bits per heavy atom. The summed E-state index contributed by atoms with van der Waals surface area (Å²) < 4.78 is 28.7. The van der Waals surface area contributed by atoms with E-state index in [0.29, 0.717) is 5.69 Å². The van der Waals surface area contributed by atoms with Crippen LogP contribution in [0.2, 0.25) is 0 Å². The number of aryl methyl sites for hydroxylation is 2. The molecular weight excluding hydrogens is 304 g/mol. The smallest absolute Gasteiger partial charge is 0.281 e. The first-order chi connectivity index (χ1) is 10.4. The van der Waals surface area contributed by atoms with Crippen molar-refractivity contribution < 1.29 is 13.2 Å². The Balaban J connectivity index is 2.32. The summed E-state index contributed by atoms with van der Waals surface area (Å²) in [5, 5.41) is 0. The fraction of sp³-hybridized carbons (Fsp3) is 0.214. The van der Waals surface area contributed by atoms with E-state index in [0.717, 1.165) is 12.0 Å². The summed E-state index contributed by atoms with van der Waals surface area (Å²) in [6.07, 6.45) is 2.16. The monoisotopic (exact) mass is 322 g/mol. The van der Waals surface area contributed by atoms with Gasteiger partial charge in [-0.3, -0.25) is 14.9 Å². The lowest BCUT2D eigenvalue weighted by molar-refractivity contribution is 0.0945. The fourth-order valence-corrected chi connectivity index (χ4v) is 3.17. The molecular formula is C14H18N4O3S. The summed E-state index contributed by atoms with van der Waals surface area (Å²) in [6.45, 7) is 1.99. The van der Waals surface area contributed by atoms with Gasteiger partial charge in [-0.1, -0.05) is 19.1 Å². The highest BCUT2D eigenvalue weighted by molar-refractivity contribution is 7.92. The molecule has 1 aromatic carbocycles. The van der Waals surface area contributed by atoms with Crippen LogP contribution in [0.15, 0.2) is 41.4 Å². The number of amides is 1. The van der Waals surface area contributed by atoms with E-state index < -0.39 is 15.9 Å². The summed E-state index contributed by atoms with van der Waals surface area (Å²) in [5.74, 6) is 4.51. The Morgan fingerprint density at radius 2 is 2.05 bits per heavy atom. The van der Waals surface area contributed by atoms with Crippen molar-refractivity contribution in [1.82, 2.24) is 9.99 Å². The lowest BCUT2D eigenvalue weighted by Gasteiger charge is -2.07. The van der Waals surface area contributed by atoms with E-state index >= 15 is 0 Å². The Morgan fingerprint density at radius 3 is 2.68 bits per heavy atom.